The minimum atomic E-state index is -0.765. The molecule has 1 fully saturated rings. The maximum absolute atomic E-state index is 12.1. The second-order valence-corrected chi connectivity index (χ2v) is 5.73. The summed E-state index contributed by atoms with van der Waals surface area (Å²) in [6.45, 7) is 5.59. The van der Waals surface area contributed by atoms with E-state index in [0.29, 0.717) is 13.0 Å². The van der Waals surface area contributed by atoms with E-state index in [4.69, 9.17) is 9.47 Å². The van der Waals surface area contributed by atoms with Gasteiger partial charge in [-0.15, -0.1) is 0 Å². The fourth-order valence-corrected chi connectivity index (χ4v) is 2.23. The van der Waals surface area contributed by atoms with Crippen LogP contribution in [0.1, 0.15) is 33.6 Å². The van der Waals surface area contributed by atoms with Crippen molar-refractivity contribution in [1.82, 2.24) is 4.90 Å². The third kappa shape index (κ3) is 4.09. The standard InChI is InChI=1S/C13H23NO5/c1-13(2,3)19-12(17)14-7-5-6-9(8-15)10(14)11(16)18-4/h9-10,15H,5-8H2,1-4H3/t9-,10-/m0/s1. The maximum atomic E-state index is 12.1. The first-order valence-electron chi connectivity index (χ1n) is 6.48. The van der Waals surface area contributed by atoms with Crippen molar-refractivity contribution in [2.24, 2.45) is 5.92 Å². The monoisotopic (exact) mass is 273 g/mol. The van der Waals surface area contributed by atoms with Crippen LogP contribution in [0.5, 0.6) is 0 Å². The van der Waals surface area contributed by atoms with Gasteiger partial charge in [-0.2, -0.15) is 0 Å². The molecule has 1 rings (SSSR count). The lowest BCUT2D eigenvalue weighted by Gasteiger charge is -2.39. The Hall–Kier alpha value is -1.30. The van der Waals surface area contributed by atoms with E-state index in [0.717, 1.165) is 6.42 Å². The molecule has 0 spiro atoms. The zero-order valence-electron chi connectivity index (χ0n) is 12.0. The zero-order chi connectivity index (χ0) is 14.6. The second-order valence-electron chi connectivity index (χ2n) is 5.73. The van der Waals surface area contributed by atoms with Gasteiger partial charge in [0.2, 0.25) is 0 Å². The highest BCUT2D eigenvalue weighted by atomic mass is 16.6. The average Bonchev–Trinajstić information content (AvgIpc) is 2.34. The number of carbonyl (C=O) groups is 2. The van der Waals surface area contributed by atoms with Crippen LogP contribution in [0.15, 0.2) is 0 Å². The molecule has 0 aromatic rings. The average molecular weight is 273 g/mol. The molecule has 6 nitrogen and oxygen atoms in total. The minimum absolute atomic E-state index is 0.154. The van der Waals surface area contributed by atoms with Gasteiger partial charge in [-0.1, -0.05) is 0 Å². The molecule has 19 heavy (non-hydrogen) atoms. The van der Waals surface area contributed by atoms with Crippen LogP contribution in [0.2, 0.25) is 0 Å². The highest BCUT2D eigenvalue weighted by molar-refractivity contribution is 5.82. The fourth-order valence-electron chi connectivity index (χ4n) is 2.23. The summed E-state index contributed by atoms with van der Waals surface area (Å²) in [5, 5.41) is 9.35. The summed E-state index contributed by atoms with van der Waals surface area (Å²) >= 11 is 0. The van der Waals surface area contributed by atoms with Crippen molar-refractivity contribution < 1.29 is 24.2 Å². The number of piperidine rings is 1. The molecular formula is C13H23NO5. The largest absolute Gasteiger partial charge is 0.467 e. The Kier molecular flexibility index (Phi) is 5.17. The van der Waals surface area contributed by atoms with Crippen LogP contribution in [0.3, 0.4) is 0 Å². The van der Waals surface area contributed by atoms with Crippen LogP contribution in [0.4, 0.5) is 4.79 Å². The maximum Gasteiger partial charge on any atom is 0.411 e. The first kappa shape index (κ1) is 15.8. The molecule has 6 heteroatoms. The number of esters is 1. The fraction of sp³-hybridized carbons (Fsp3) is 0.846. The molecule has 1 aliphatic heterocycles. The van der Waals surface area contributed by atoms with E-state index in [2.05, 4.69) is 0 Å². The quantitative estimate of drug-likeness (QED) is 0.764. The van der Waals surface area contributed by atoms with Gasteiger partial charge in [-0.25, -0.2) is 9.59 Å². The zero-order valence-corrected chi connectivity index (χ0v) is 12.0. The summed E-state index contributed by atoms with van der Waals surface area (Å²) in [4.78, 5) is 25.3. The van der Waals surface area contributed by atoms with Crippen LogP contribution < -0.4 is 0 Å². The SMILES string of the molecule is COC(=O)[C@@H]1[C@H](CO)CCCN1C(=O)OC(C)(C)C. The van der Waals surface area contributed by atoms with Crippen molar-refractivity contribution in [3.05, 3.63) is 0 Å². The van der Waals surface area contributed by atoms with Crippen LogP contribution in [0.25, 0.3) is 0 Å². The molecular weight excluding hydrogens is 250 g/mol. The normalized spacial score (nSPS) is 23.9. The lowest BCUT2D eigenvalue weighted by Crippen LogP contribution is -2.55. The van der Waals surface area contributed by atoms with Crippen molar-refractivity contribution >= 4 is 12.1 Å². The number of amides is 1. The van der Waals surface area contributed by atoms with Crippen molar-refractivity contribution in [3.63, 3.8) is 0 Å². The summed E-state index contributed by atoms with van der Waals surface area (Å²) in [7, 11) is 1.28. The molecule has 1 amide bonds. The first-order chi connectivity index (χ1) is 8.80. The number of aliphatic hydroxyl groups is 1. The predicted octanol–water partition coefficient (Wildman–Crippen LogP) is 1.17. The summed E-state index contributed by atoms with van der Waals surface area (Å²) in [6, 6.07) is -0.765. The van der Waals surface area contributed by atoms with Gasteiger partial charge in [0, 0.05) is 19.1 Å². The number of carbonyl (C=O) groups excluding carboxylic acids is 2. The van der Waals surface area contributed by atoms with Crippen LogP contribution in [-0.2, 0) is 14.3 Å². The Morgan fingerprint density at radius 3 is 2.47 bits per heavy atom. The Morgan fingerprint density at radius 2 is 2.00 bits per heavy atom. The predicted molar refractivity (Wildman–Crippen MR) is 68.6 cm³/mol. The van der Waals surface area contributed by atoms with Crippen molar-refractivity contribution in [2.75, 3.05) is 20.3 Å². The smallest absolute Gasteiger partial charge is 0.411 e. The molecule has 0 aromatic carbocycles. The number of aliphatic hydroxyl groups excluding tert-OH is 1. The number of likely N-dealkylation sites (tertiary alicyclic amines) is 1. The molecule has 1 N–H and O–H groups in total. The van der Waals surface area contributed by atoms with Crippen LogP contribution >= 0.6 is 0 Å². The van der Waals surface area contributed by atoms with E-state index in [1.54, 1.807) is 20.8 Å². The molecule has 110 valence electrons. The van der Waals surface area contributed by atoms with Gasteiger partial charge >= 0.3 is 12.1 Å². The number of hydrogen-bond donors (Lipinski definition) is 1. The molecule has 0 bridgehead atoms. The van der Waals surface area contributed by atoms with E-state index in [-0.39, 0.29) is 12.5 Å². The van der Waals surface area contributed by atoms with Crippen LogP contribution in [0, 0.1) is 5.92 Å². The topological polar surface area (TPSA) is 76.1 Å². The van der Waals surface area contributed by atoms with E-state index in [1.165, 1.54) is 12.0 Å². The second kappa shape index (κ2) is 6.23. The number of rotatable bonds is 2. The van der Waals surface area contributed by atoms with E-state index < -0.39 is 23.7 Å². The molecule has 0 radical (unpaired) electrons. The molecule has 0 aromatic heterocycles. The van der Waals surface area contributed by atoms with Crippen molar-refractivity contribution in [1.29, 1.82) is 0 Å². The molecule has 1 saturated heterocycles. The van der Waals surface area contributed by atoms with E-state index in [1.807, 2.05) is 0 Å². The molecule has 2 atom stereocenters. The molecule has 1 heterocycles. The van der Waals surface area contributed by atoms with E-state index in [9.17, 15) is 14.7 Å². The van der Waals surface area contributed by atoms with Gasteiger partial charge < -0.3 is 14.6 Å². The third-order valence-corrected chi connectivity index (χ3v) is 3.06. The van der Waals surface area contributed by atoms with E-state index >= 15 is 0 Å². The lowest BCUT2D eigenvalue weighted by molar-refractivity contribution is -0.151. The van der Waals surface area contributed by atoms with Gasteiger partial charge in [0.15, 0.2) is 0 Å². The van der Waals surface area contributed by atoms with Crippen molar-refractivity contribution in [3.8, 4) is 0 Å². The third-order valence-electron chi connectivity index (χ3n) is 3.06. The van der Waals surface area contributed by atoms with Gasteiger partial charge in [-0.05, 0) is 33.6 Å². The summed E-state index contributed by atoms with van der Waals surface area (Å²) in [5.41, 5.74) is -0.621. The lowest BCUT2D eigenvalue weighted by atomic mass is 9.90. The molecule has 0 saturated carbocycles. The molecule has 0 unspecified atom stereocenters. The Balaban J connectivity index is 2.88. The Labute approximate surface area is 113 Å². The Morgan fingerprint density at radius 1 is 1.37 bits per heavy atom. The highest BCUT2D eigenvalue weighted by Crippen LogP contribution is 2.26. The first-order valence-corrected chi connectivity index (χ1v) is 6.48. The van der Waals surface area contributed by atoms with Gasteiger partial charge in [-0.3, -0.25) is 4.90 Å². The molecule has 1 aliphatic rings. The number of hydrogen-bond acceptors (Lipinski definition) is 5. The Bertz CT molecular complexity index is 336. The minimum Gasteiger partial charge on any atom is -0.467 e. The summed E-state index contributed by atoms with van der Waals surface area (Å²) in [6.07, 6.45) is 0.883. The molecule has 0 aliphatic carbocycles. The summed E-state index contributed by atoms with van der Waals surface area (Å²) < 4.78 is 10.0. The summed E-state index contributed by atoms with van der Waals surface area (Å²) in [5.74, 6) is -0.807. The number of ether oxygens (including phenoxy) is 2. The highest BCUT2D eigenvalue weighted by Gasteiger charge is 2.41. The van der Waals surface area contributed by atoms with Gasteiger partial charge in [0.25, 0.3) is 0 Å². The number of methoxy groups -OCH3 is 1. The number of nitrogens with zero attached hydrogens (tertiary/aromatic N) is 1. The van der Waals surface area contributed by atoms with Crippen LogP contribution in [-0.4, -0.2) is 54.0 Å². The van der Waals surface area contributed by atoms with Gasteiger partial charge in [0.05, 0.1) is 7.11 Å². The van der Waals surface area contributed by atoms with Gasteiger partial charge in [0.1, 0.15) is 11.6 Å². The van der Waals surface area contributed by atoms with Crippen molar-refractivity contribution in [2.45, 2.75) is 45.3 Å².